The van der Waals surface area contributed by atoms with Gasteiger partial charge in [0.05, 0.1) is 38.5 Å². The second-order valence-corrected chi connectivity index (χ2v) is 12.6. The lowest BCUT2D eigenvalue weighted by molar-refractivity contribution is 1.18. The van der Waals surface area contributed by atoms with Crippen LogP contribution >= 0.6 is 0 Å². The van der Waals surface area contributed by atoms with E-state index in [1.807, 2.05) is 6.07 Å². The SMILES string of the molecule is C=c1c(=Nc2ccccc2C)c2cccc3c4cc(-c5ccc6cc7c(cc6c5)c5ccccc5n7-c5ccccc5)ccc4n1c23. The Morgan fingerprint density at radius 1 is 0.511 bits per heavy atom. The second-order valence-electron chi connectivity index (χ2n) is 12.6. The summed E-state index contributed by atoms with van der Waals surface area (Å²) in [5.74, 6) is 0. The Hall–Kier alpha value is -6.19. The molecule has 0 N–H and O–H groups in total. The number of hydrogen-bond acceptors (Lipinski definition) is 1. The van der Waals surface area contributed by atoms with Gasteiger partial charge in [0.25, 0.3) is 0 Å². The molecule has 10 rings (SSSR count). The average Bonchev–Trinajstić information content (AvgIpc) is 3.72. The highest BCUT2D eigenvalue weighted by molar-refractivity contribution is 6.16. The second kappa shape index (κ2) is 9.65. The third-order valence-electron chi connectivity index (χ3n) is 9.91. The lowest BCUT2D eigenvalue weighted by Crippen LogP contribution is -2.24. The van der Waals surface area contributed by atoms with Gasteiger partial charge >= 0.3 is 0 Å². The van der Waals surface area contributed by atoms with Crippen LogP contribution < -0.4 is 10.7 Å². The van der Waals surface area contributed by atoms with Crippen molar-refractivity contribution in [3.05, 3.63) is 162 Å². The van der Waals surface area contributed by atoms with E-state index in [9.17, 15) is 0 Å². The molecule has 7 aromatic carbocycles. The number of hydrogen-bond donors (Lipinski definition) is 0. The first kappa shape index (κ1) is 26.1. The van der Waals surface area contributed by atoms with E-state index in [1.165, 1.54) is 65.7 Å². The highest BCUT2D eigenvalue weighted by Crippen LogP contribution is 2.37. The molecular formula is C44H29N3. The maximum Gasteiger partial charge on any atom is 0.0964 e. The van der Waals surface area contributed by atoms with Crippen LogP contribution in [-0.2, 0) is 0 Å². The van der Waals surface area contributed by atoms with Gasteiger partial charge < -0.3 is 8.97 Å². The van der Waals surface area contributed by atoms with Crippen molar-refractivity contribution in [1.29, 1.82) is 0 Å². The molecule has 3 heteroatoms. The molecule has 0 saturated heterocycles. The largest absolute Gasteiger partial charge is 0.309 e. The van der Waals surface area contributed by atoms with Crippen LogP contribution in [0.4, 0.5) is 5.69 Å². The number of aryl methyl sites for hydroxylation is 1. The van der Waals surface area contributed by atoms with E-state index in [0.29, 0.717) is 0 Å². The summed E-state index contributed by atoms with van der Waals surface area (Å²) in [6.07, 6.45) is 0. The molecule has 0 aliphatic rings. The molecule has 3 heterocycles. The van der Waals surface area contributed by atoms with Crippen LogP contribution in [0.3, 0.4) is 0 Å². The summed E-state index contributed by atoms with van der Waals surface area (Å²) in [7, 11) is 0. The van der Waals surface area contributed by atoms with Crippen LogP contribution in [0.1, 0.15) is 5.56 Å². The van der Waals surface area contributed by atoms with Gasteiger partial charge in [-0.15, -0.1) is 0 Å². The minimum Gasteiger partial charge on any atom is -0.309 e. The van der Waals surface area contributed by atoms with Crippen molar-refractivity contribution >= 4 is 72.0 Å². The van der Waals surface area contributed by atoms with Gasteiger partial charge in [0.2, 0.25) is 0 Å². The van der Waals surface area contributed by atoms with Crippen molar-refractivity contribution < 1.29 is 0 Å². The Bertz CT molecular complexity index is 2980. The molecule has 0 atom stereocenters. The van der Waals surface area contributed by atoms with Gasteiger partial charge in [0.15, 0.2) is 0 Å². The first-order valence-electron chi connectivity index (χ1n) is 16.1. The van der Waals surface area contributed by atoms with E-state index in [1.54, 1.807) is 0 Å². The van der Waals surface area contributed by atoms with Crippen molar-refractivity contribution in [2.75, 3.05) is 0 Å². The molecule has 47 heavy (non-hydrogen) atoms. The summed E-state index contributed by atoms with van der Waals surface area (Å²) in [4.78, 5) is 5.11. The van der Waals surface area contributed by atoms with E-state index in [4.69, 9.17) is 4.99 Å². The van der Waals surface area contributed by atoms with Crippen molar-refractivity contribution in [2.45, 2.75) is 6.92 Å². The summed E-state index contributed by atoms with van der Waals surface area (Å²) in [5.41, 5.74) is 10.5. The minimum atomic E-state index is 0.923. The smallest absolute Gasteiger partial charge is 0.0964 e. The normalized spacial score (nSPS) is 12.6. The monoisotopic (exact) mass is 599 g/mol. The lowest BCUT2D eigenvalue weighted by atomic mass is 9.98. The molecule has 0 amide bonds. The van der Waals surface area contributed by atoms with Gasteiger partial charge in [-0.05, 0) is 89.0 Å². The predicted molar refractivity (Wildman–Crippen MR) is 198 cm³/mol. The molecular weight excluding hydrogens is 571 g/mol. The fourth-order valence-corrected chi connectivity index (χ4v) is 7.66. The van der Waals surface area contributed by atoms with Crippen molar-refractivity contribution in [1.82, 2.24) is 8.97 Å². The third-order valence-corrected chi connectivity index (χ3v) is 9.91. The molecule has 3 nitrogen and oxygen atoms in total. The molecule has 10 aromatic rings. The zero-order valence-electron chi connectivity index (χ0n) is 25.9. The maximum atomic E-state index is 5.11. The van der Waals surface area contributed by atoms with Crippen LogP contribution in [0.5, 0.6) is 0 Å². The summed E-state index contributed by atoms with van der Waals surface area (Å²) < 4.78 is 4.67. The van der Waals surface area contributed by atoms with Crippen LogP contribution in [0.2, 0.25) is 0 Å². The van der Waals surface area contributed by atoms with Crippen molar-refractivity contribution in [3.63, 3.8) is 0 Å². The fraction of sp³-hybridized carbons (Fsp3) is 0.0227. The summed E-state index contributed by atoms with van der Waals surface area (Å²) in [6.45, 7) is 6.64. The van der Waals surface area contributed by atoms with Crippen LogP contribution in [0.25, 0.3) is 83.2 Å². The Morgan fingerprint density at radius 2 is 1.23 bits per heavy atom. The lowest BCUT2D eigenvalue weighted by Gasteiger charge is -2.09. The summed E-state index contributed by atoms with van der Waals surface area (Å²) in [5, 5.41) is 10.5. The van der Waals surface area contributed by atoms with Crippen LogP contribution in [0, 0.1) is 6.92 Å². The topological polar surface area (TPSA) is 21.7 Å². The molecule has 0 aliphatic heterocycles. The van der Waals surface area contributed by atoms with Gasteiger partial charge in [-0.1, -0.05) is 97.6 Å². The van der Waals surface area contributed by atoms with Crippen LogP contribution in [0.15, 0.2) is 151 Å². The number of nitrogens with zero attached hydrogens (tertiary/aromatic N) is 3. The first-order valence-corrected chi connectivity index (χ1v) is 16.1. The maximum absolute atomic E-state index is 5.11. The summed E-state index contributed by atoms with van der Waals surface area (Å²) >= 11 is 0. The number of benzene rings is 7. The van der Waals surface area contributed by atoms with Gasteiger partial charge in [-0.25, -0.2) is 4.99 Å². The van der Waals surface area contributed by atoms with E-state index >= 15 is 0 Å². The number of aromatic nitrogens is 2. The molecule has 0 saturated carbocycles. The molecule has 220 valence electrons. The Kier molecular flexibility index (Phi) is 5.35. The average molecular weight is 600 g/mol. The van der Waals surface area contributed by atoms with Gasteiger partial charge in [0.1, 0.15) is 0 Å². The van der Waals surface area contributed by atoms with E-state index in [0.717, 1.165) is 32.9 Å². The van der Waals surface area contributed by atoms with Gasteiger partial charge in [-0.3, -0.25) is 0 Å². The Labute approximate surface area is 270 Å². The molecule has 0 bridgehead atoms. The highest BCUT2D eigenvalue weighted by atomic mass is 15.0. The first-order chi connectivity index (χ1) is 23.1. The van der Waals surface area contributed by atoms with Crippen molar-refractivity contribution in [2.24, 2.45) is 4.99 Å². The van der Waals surface area contributed by atoms with Crippen molar-refractivity contribution in [3.8, 4) is 16.8 Å². The Balaban J connectivity index is 1.16. The van der Waals surface area contributed by atoms with E-state index in [2.05, 4.69) is 162 Å². The third kappa shape index (κ3) is 3.71. The molecule has 0 spiro atoms. The standard InChI is InChI=1S/C44H29N3/c1-27-11-6-8-17-39(27)45-43-28(2)46-41-22-21-30(24-38(41)35-15-10-16-36(43)44(35)46)29-19-20-31-26-42-37(25-32(31)23-29)34-14-7-9-18-40(34)47(42)33-12-4-3-5-13-33/h3-26H,2H2,1H3. The molecule has 0 radical (unpaired) electrons. The summed E-state index contributed by atoms with van der Waals surface area (Å²) in [6, 6.07) is 52.6. The molecule has 0 fully saturated rings. The zero-order valence-corrected chi connectivity index (χ0v) is 25.9. The fourth-order valence-electron chi connectivity index (χ4n) is 7.66. The van der Waals surface area contributed by atoms with E-state index < -0.39 is 0 Å². The minimum absolute atomic E-state index is 0.923. The Morgan fingerprint density at radius 3 is 2.13 bits per heavy atom. The quantitative estimate of drug-likeness (QED) is 0.193. The van der Waals surface area contributed by atoms with Gasteiger partial charge in [-0.2, -0.15) is 0 Å². The van der Waals surface area contributed by atoms with Gasteiger partial charge in [0, 0.05) is 32.6 Å². The van der Waals surface area contributed by atoms with Crippen LogP contribution in [-0.4, -0.2) is 8.97 Å². The molecule has 3 aromatic heterocycles. The molecule has 0 unspecified atom stereocenters. The predicted octanol–water partition coefficient (Wildman–Crippen LogP) is 10.3. The number of rotatable bonds is 3. The number of para-hydroxylation sites is 4. The zero-order chi connectivity index (χ0) is 31.2. The van der Waals surface area contributed by atoms with E-state index in [-0.39, 0.29) is 0 Å². The molecule has 0 aliphatic carbocycles. The number of fused-ring (bicyclic) bond motifs is 7. The highest BCUT2D eigenvalue weighted by Gasteiger charge is 2.17.